The molecule has 1 N–H and O–H groups in total. The summed E-state index contributed by atoms with van der Waals surface area (Å²) in [6, 6.07) is 6.82. The number of alkyl halides is 3. The minimum absolute atomic E-state index is 0.0160. The fourth-order valence-electron chi connectivity index (χ4n) is 2.93. The van der Waals surface area contributed by atoms with Crippen LogP contribution in [0.3, 0.4) is 0 Å². The van der Waals surface area contributed by atoms with Crippen molar-refractivity contribution in [2.45, 2.75) is 32.4 Å². The van der Waals surface area contributed by atoms with E-state index in [2.05, 4.69) is 5.43 Å². The zero-order valence-electron chi connectivity index (χ0n) is 17.4. The third-order valence-corrected chi connectivity index (χ3v) is 5.84. The summed E-state index contributed by atoms with van der Waals surface area (Å²) in [7, 11) is 1.43. The first kappa shape index (κ1) is 26.0. The number of hydrogen-bond donors (Lipinski definition) is 1. The summed E-state index contributed by atoms with van der Waals surface area (Å²) in [4.78, 5) is 24.0. The molecule has 0 saturated carbocycles. The lowest BCUT2D eigenvalue weighted by Crippen LogP contribution is -2.43. The third kappa shape index (κ3) is 6.40. The topological polar surface area (TPSA) is 49.4 Å². The van der Waals surface area contributed by atoms with Gasteiger partial charge in [0.25, 0.3) is 5.91 Å². The van der Waals surface area contributed by atoms with E-state index in [9.17, 15) is 22.8 Å². The van der Waals surface area contributed by atoms with Crippen LogP contribution in [0.1, 0.15) is 46.3 Å². The number of benzene rings is 2. The van der Waals surface area contributed by atoms with Crippen molar-refractivity contribution < 1.29 is 22.8 Å². The second-order valence-corrected chi connectivity index (χ2v) is 8.19. The van der Waals surface area contributed by atoms with E-state index in [-0.39, 0.29) is 33.0 Å². The number of allylic oxidation sites excluding steroid dienone is 1. The smallest absolute Gasteiger partial charge is 0.273 e. The first-order chi connectivity index (χ1) is 14.8. The highest BCUT2D eigenvalue weighted by atomic mass is 35.5. The van der Waals surface area contributed by atoms with Gasteiger partial charge in [0.05, 0.1) is 21.0 Å². The Balaban J connectivity index is 2.30. The van der Waals surface area contributed by atoms with Gasteiger partial charge in [-0.25, -0.2) is 0 Å². The Labute approximate surface area is 198 Å². The molecule has 10 heteroatoms. The predicted octanol–water partition coefficient (Wildman–Crippen LogP) is 6.83. The Morgan fingerprint density at radius 2 is 1.72 bits per heavy atom. The number of aryl methyl sites for hydroxylation is 1. The van der Waals surface area contributed by atoms with Crippen molar-refractivity contribution >= 4 is 52.7 Å². The SMILES string of the molecule is CCC(=O)N(C)NC(=O)c1ccc(C=CC(c2cc(Cl)c(Cl)c(Cl)c2)C(F)(F)F)cc1C. The molecule has 0 spiro atoms. The Hall–Kier alpha value is -2.22. The fourth-order valence-corrected chi connectivity index (χ4v) is 3.54. The van der Waals surface area contributed by atoms with Gasteiger partial charge >= 0.3 is 6.18 Å². The molecule has 2 aromatic rings. The summed E-state index contributed by atoms with van der Waals surface area (Å²) < 4.78 is 41.0. The number of hydrogen-bond acceptors (Lipinski definition) is 2. The summed E-state index contributed by atoms with van der Waals surface area (Å²) in [5.74, 6) is -2.73. The molecule has 0 heterocycles. The van der Waals surface area contributed by atoms with Gasteiger partial charge in [-0.3, -0.25) is 20.0 Å². The van der Waals surface area contributed by atoms with Crippen LogP contribution >= 0.6 is 34.8 Å². The maximum Gasteiger partial charge on any atom is 0.399 e. The number of halogens is 6. The number of nitrogens with one attached hydrogen (secondary N) is 1. The second-order valence-electron chi connectivity index (χ2n) is 7.00. The van der Waals surface area contributed by atoms with Gasteiger partial charge in [0.2, 0.25) is 5.91 Å². The standard InChI is InChI=1S/C22H20Cl3F3N2O2/c1-4-19(31)30(3)29-21(32)15-7-5-13(9-12(15)2)6-8-16(22(26,27)28)14-10-17(23)20(25)18(24)11-14/h5-11,16H,4H2,1-3H3,(H,29,32). The summed E-state index contributed by atoms with van der Waals surface area (Å²) in [5.41, 5.74) is 3.59. The minimum atomic E-state index is -4.59. The largest absolute Gasteiger partial charge is 0.399 e. The van der Waals surface area contributed by atoms with E-state index in [4.69, 9.17) is 34.8 Å². The lowest BCUT2D eigenvalue weighted by atomic mass is 9.96. The van der Waals surface area contributed by atoms with E-state index in [0.717, 1.165) is 23.2 Å². The maximum absolute atomic E-state index is 13.7. The molecule has 0 aliphatic heterocycles. The van der Waals surface area contributed by atoms with Crippen LogP contribution in [0.5, 0.6) is 0 Å². The van der Waals surface area contributed by atoms with Crippen molar-refractivity contribution in [1.82, 2.24) is 10.4 Å². The number of rotatable bonds is 5. The molecule has 1 atom stereocenters. The second kappa shape index (κ2) is 10.6. The van der Waals surface area contributed by atoms with Gasteiger partial charge in [0.1, 0.15) is 0 Å². The van der Waals surface area contributed by atoms with Crippen LogP contribution in [0.25, 0.3) is 6.08 Å². The lowest BCUT2D eigenvalue weighted by Gasteiger charge is -2.19. The summed E-state index contributed by atoms with van der Waals surface area (Å²) >= 11 is 17.6. The van der Waals surface area contributed by atoms with Crippen LogP contribution in [0.15, 0.2) is 36.4 Å². The van der Waals surface area contributed by atoms with Crippen LogP contribution in [0.4, 0.5) is 13.2 Å². The normalized spacial score (nSPS) is 12.7. The number of nitrogens with zero attached hydrogens (tertiary/aromatic N) is 1. The van der Waals surface area contributed by atoms with Crippen LogP contribution < -0.4 is 5.43 Å². The average molecular weight is 508 g/mol. The summed E-state index contributed by atoms with van der Waals surface area (Å²) in [6.07, 6.45) is -2.08. The molecular weight excluding hydrogens is 488 g/mol. The highest BCUT2D eigenvalue weighted by molar-refractivity contribution is 6.48. The number of carbonyl (C=O) groups is 2. The van der Waals surface area contributed by atoms with E-state index in [0.29, 0.717) is 16.7 Å². The molecule has 0 aliphatic rings. The van der Waals surface area contributed by atoms with Gasteiger partial charge in [-0.05, 0) is 41.8 Å². The fraction of sp³-hybridized carbons (Fsp3) is 0.273. The Morgan fingerprint density at radius 1 is 1.12 bits per heavy atom. The van der Waals surface area contributed by atoms with Crippen molar-refractivity contribution in [2.24, 2.45) is 0 Å². The van der Waals surface area contributed by atoms with Gasteiger partial charge in [-0.2, -0.15) is 13.2 Å². The molecule has 0 radical (unpaired) electrons. The zero-order valence-corrected chi connectivity index (χ0v) is 19.6. The van der Waals surface area contributed by atoms with Gasteiger partial charge in [0, 0.05) is 19.0 Å². The Kier molecular flexibility index (Phi) is 8.62. The summed E-state index contributed by atoms with van der Waals surface area (Å²) in [6.45, 7) is 3.31. The molecule has 1 unspecified atom stereocenters. The van der Waals surface area contributed by atoms with Gasteiger partial charge in [0.15, 0.2) is 0 Å². The molecule has 2 rings (SSSR count). The Morgan fingerprint density at radius 3 is 2.22 bits per heavy atom. The third-order valence-electron chi connectivity index (χ3n) is 4.64. The van der Waals surface area contributed by atoms with Gasteiger partial charge < -0.3 is 0 Å². The molecule has 4 nitrogen and oxygen atoms in total. The van der Waals surface area contributed by atoms with Gasteiger partial charge in [-0.1, -0.05) is 66.0 Å². The van der Waals surface area contributed by atoms with Crippen molar-refractivity contribution in [2.75, 3.05) is 7.05 Å². The molecule has 0 bridgehead atoms. The van der Waals surface area contributed by atoms with E-state index in [1.807, 2.05) is 0 Å². The summed E-state index contributed by atoms with van der Waals surface area (Å²) in [5, 5.41) is 0.924. The van der Waals surface area contributed by atoms with Crippen LogP contribution in [0, 0.1) is 6.92 Å². The predicted molar refractivity (Wildman–Crippen MR) is 121 cm³/mol. The lowest BCUT2D eigenvalue weighted by molar-refractivity contribution is -0.139. The number of amides is 2. The molecule has 2 aromatic carbocycles. The number of hydrazine groups is 1. The quantitative estimate of drug-likeness (QED) is 0.356. The maximum atomic E-state index is 13.7. The molecule has 0 aliphatic carbocycles. The highest BCUT2D eigenvalue weighted by Gasteiger charge is 2.39. The van der Waals surface area contributed by atoms with E-state index < -0.39 is 18.0 Å². The van der Waals surface area contributed by atoms with Crippen molar-refractivity contribution in [3.05, 3.63) is 73.7 Å². The molecule has 0 saturated heterocycles. The van der Waals surface area contributed by atoms with Crippen molar-refractivity contribution in [3.63, 3.8) is 0 Å². The molecule has 2 amide bonds. The average Bonchev–Trinajstić information content (AvgIpc) is 2.70. The molecule has 172 valence electrons. The first-order valence-electron chi connectivity index (χ1n) is 9.42. The van der Waals surface area contributed by atoms with E-state index in [1.165, 1.54) is 25.3 Å². The highest BCUT2D eigenvalue weighted by Crippen LogP contribution is 2.41. The number of carbonyl (C=O) groups excluding carboxylic acids is 2. The Bertz CT molecular complexity index is 1030. The molecule has 0 aromatic heterocycles. The van der Waals surface area contributed by atoms with Crippen molar-refractivity contribution in [3.8, 4) is 0 Å². The molecule has 0 fully saturated rings. The van der Waals surface area contributed by atoms with Crippen LogP contribution in [-0.2, 0) is 4.79 Å². The monoisotopic (exact) mass is 506 g/mol. The van der Waals surface area contributed by atoms with E-state index >= 15 is 0 Å². The minimum Gasteiger partial charge on any atom is -0.273 e. The molecular formula is C22H20Cl3F3N2O2. The van der Waals surface area contributed by atoms with E-state index in [1.54, 1.807) is 19.9 Å². The zero-order chi connectivity index (χ0) is 24.2. The van der Waals surface area contributed by atoms with Crippen LogP contribution in [-0.4, -0.2) is 30.0 Å². The first-order valence-corrected chi connectivity index (χ1v) is 10.6. The molecule has 32 heavy (non-hydrogen) atoms. The van der Waals surface area contributed by atoms with Crippen molar-refractivity contribution in [1.29, 1.82) is 0 Å². The van der Waals surface area contributed by atoms with Crippen LogP contribution in [0.2, 0.25) is 15.1 Å². The van der Waals surface area contributed by atoms with Gasteiger partial charge in [-0.15, -0.1) is 0 Å².